The molecule has 0 spiro atoms. The Morgan fingerprint density at radius 1 is 1.35 bits per heavy atom. The molecule has 3 atom stereocenters. The number of nitrogens with two attached hydrogens (primary N) is 1. The molecule has 2 aliphatic rings. The number of carbonyl (C=O) groups excluding carboxylic acids is 1. The molecule has 1 aliphatic carbocycles. The van der Waals surface area contributed by atoms with Gasteiger partial charge in [0.2, 0.25) is 5.91 Å². The lowest BCUT2D eigenvalue weighted by Gasteiger charge is -2.29. The lowest BCUT2D eigenvalue weighted by atomic mass is 9.78. The minimum Gasteiger partial charge on any atom is -0.342 e. The Kier molecular flexibility index (Phi) is 4.01. The summed E-state index contributed by atoms with van der Waals surface area (Å²) in [6, 6.07) is 6.14. The number of pyridine rings is 1. The molecule has 0 aromatic carbocycles. The average Bonchev–Trinajstić information content (AvgIpc) is 2.91. The van der Waals surface area contributed by atoms with Crippen LogP contribution in [0.2, 0.25) is 0 Å². The van der Waals surface area contributed by atoms with Gasteiger partial charge in [-0.2, -0.15) is 0 Å². The number of aromatic nitrogens is 1. The molecule has 1 aliphatic heterocycles. The summed E-state index contributed by atoms with van der Waals surface area (Å²) >= 11 is 0. The third-order valence-electron chi connectivity index (χ3n) is 4.83. The molecule has 20 heavy (non-hydrogen) atoms. The average molecular weight is 273 g/mol. The van der Waals surface area contributed by atoms with Crippen LogP contribution < -0.4 is 5.73 Å². The number of aryl methyl sites for hydroxylation is 1. The van der Waals surface area contributed by atoms with E-state index in [9.17, 15) is 4.79 Å². The maximum Gasteiger partial charge on any atom is 0.222 e. The Hall–Kier alpha value is -1.42. The molecule has 1 saturated carbocycles. The van der Waals surface area contributed by atoms with Crippen molar-refractivity contribution in [3.05, 3.63) is 30.1 Å². The Bertz CT molecular complexity index is 462. The van der Waals surface area contributed by atoms with Gasteiger partial charge in [-0.3, -0.25) is 9.78 Å². The van der Waals surface area contributed by atoms with Crippen molar-refractivity contribution in [2.75, 3.05) is 13.1 Å². The van der Waals surface area contributed by atoms with Crippen molar-refractivity contribution in [3.8, 4) is 0 Å². The van der Waals surface area contributed by atoms with Crippen molar-refractivity contribution in [2.45, 2.75) is 38.1 Å². The molecule has 108 valence electrons. The molecule has 1 aromatic heterocycles. The van der Waals surface area contributed by atoms with Crippen LogP contribution in [0.4, 0.5) is 0 Å². The van der Waals surface area contributed by atoms with Gasteiger partial charge in [-0.25, -0.2) is 0 Å². The van der Waals surface area contributed by atoms with Crippen LogP contribution in [0, 0.1) is 11.8 Å². The zero-order valence-corrected chi connectivity index (χ0v) is 11.9. The van der Waals surface area contributed by atoms with Gasteiger partial charge >= 0.3 is 0 Å². The van der Waals surface area contributed by atoms with Gasteiger partial charge < -0.3 is 10.6 Å². The summed E-state index contributed by atoms with van der Waals surface area (Å²) in [4.78, 5) is 18.6. The van der Waals surface area contributed by atoms with Crippen LogP contribution in [0.15, 0.2) is 24.4 Å². The van der Waals surface area contributed by atoms with E-state index in [1.54, 1.807) is 6.20 Å². The minimum absolute atomic E-state index is 0.261. The van der Waals surface area contributed by atoms with E-state index >= 15 is 0 Å². The van der Waals surface area contributed by atoms with Crippen LogP contribution in [-0.4, -0.2) is 34.9 Å². The van der Waals surface area contributed by atoms with Gasteiger partial charge in [0, 0.05) is 37.4 Å². The summed E-state index contributed by atoms with van der Waals surface area (Å²) in [5.41, 5.74) is 7.19. The van der Waals surface area contributed by atoms with Crippen molar-refractivity contribution in [1.82, 2.24) is 9.88 Å². The molecule has 2 heterocycles. The number of nitrogens with zero attached hydrogens (tertiary/aromatic N) is 2. The van der Waals surface area contributed by atoms with Crippen LogP contribution in [0.5, 0.6) is 0 Å². The topological polar surface area (TPSA) is 59.2 Å². The fourth-order valence-corrected chi connectivity index (χ4v) is 3.66. The van der Waals surface area contributed by atoms with Crippen LogP contribution in [0.3, 0.4) is 0 Å². The molecular formula is C16H23N3O. The molecule has 0 radical (unpaired) electrons. The molecule has 2 fully saturated rings. The highest BCUT2D eigenvalue weighted by Crippen LogP contribution is 2.35. The molecule has 1 aromatic rings. The Morgan fingerprint density at radius 2 is 2.25 bits per heavy atom. The van der Waals surface area contributed by atoms with Crippen LogP contribution >= 0.6 is 0 Å². The van der Waals surface area contributed by atoms with Crippen molar-refractivity contribution >= 4 is 5.91 Å². The van der Waals surface area contributed by atoms with Gasteiger partial charge in [0.25, 0.3) is 0 Å². The van der Waals surface area contributed by atoms with Gasteiger partial charge in [0.05, 0.1) is 0 Å². The van der Waals surface area contributed by atoms with E-state index in [4.69, 9.17) is 5.73 Å². The lowest BCUT2D eigenvalue weighted by Crippen LogP contribution is -2.38. The second-order valence-corrected chi connectivity index (χ2v) is 6.14. The van der Waals surface area contributed by atoms with E-state index in [1.165, 1.54) is 12.8 Å². The quantitative estimate of drug-likeness (QED) is 0.910. The minimum atomic E-state index is 0.261. The Morgan fingerprint density at radius 3 is 3.00 bits per heavy atom. The lowest BCUT2D eigenvalue weighted by molar-refractivity contribution is -0.130. The first kappa shape index (κ1) is 13.6. The molecule has 2 N–H and O–H groups in total. The van der Waals surface area contributed by atoms with Crippen molar-refractivity contribution in [3.63, 3.8) is 0 Å². The molecule has 1 saturated heterocycles. The zero-order valence-electron chi connectivity index (χ0n) is 11.9. The number of fused-ring (bicyclic) bond motifs is 1. The summed E-state index contributed by atoms with van der Waals surface area (Å²) in [6.45, 7) is 1.78. The fourth-order valence-electron chi connectivity index (χ4n) is 3.66. The summed E-state index contributed by atoms with van der Waals surface area (Å²) in [5.74, 6) is 1.43. The fraction of sp³-hybridized carbons (Fsp3) is 0.625. The van der Waals surface area contributed by atoms with Gasteiger partial charge in [0.15, 0.2) is 0 Å². The molecule has 1 amide bonds. The first-order valence-electron chi connectivity index (χ1n) is 7.67. The van der Waals surface area contributed by atoms with Gasteiger partial charge in [0.1, 0.15) is 0 Å². The van der Waals surface area contributed by atoms with Crippen molar-refractivity contribution < 1.29 is 4.79 Å². The number of hydrogen-bond acceptors (Lipinski definition) is 3. The van der Waals surface area contributed by atoms with Crippen molar-refractivity contribution in [2.24, 2.45) is 17.6 Å². The van der Waals surface area contributed by atoms with Crippen LogP contribution in [0.1, 0.15) is 31.4 Å². The number of likely N-dealkylation sites (tertiary alicyclic amines) is 1. The second-order valence-electron chi connectivity index (χ2n) is 6.14. The molecule has 0 bridgehead atoms. The summed E-state index contributed by atoms with van der Waals surface area (Å²) in [5, 5.41) is 0. The van der Waals surface area contributed by atoms with E-state index in [1.807, 2.05) is 23.1 Å². The maximum absolute atomic E-state index is 12.3. The van der Waals surface area contributed by atoms with E-state index < -0.39 is 0 Å². The monoisotopic (exact) mass is 273 g/mol. The number of rotatable bonds is 3. The number of hydrogen-bond donors (Lipinski definition) is 1. The van der Waals surface area contributed by atoms with Gasteiger partial charge in [-0.1, -0.05) is 12.5 Å². The maximum atomic E-state index is 12.3. The Balaban J connectivity index is 1.53. The predicted octanol–water partition coefficient (Wildman–Crippen LogP) is 1.60. The second kappa shape index (κ2) is 5.92. The third-order valence-corrected chi connectivity index (χ3v) is 4.83. The largest absolute Gasteiger partial charge is 0.342 e. The van der Waals surface area contributed by atoms with Crippen molar-refractivity contribution in [1.29, 1.82) is 0 Å². The smallest absolute Gasteiger partial charge is 0.222 e. The highest BCUT2D eigenvalue weighted by Gasteiger charge is 2.40. The van der Waals surface area contributed by atoms with Gasteiger partial charge in [-0.05, 0) is 43.2 Å². The highest BCUT2D eigenvalue weighted by molar-refractivity contribution is 5.76. The zero-order chi connectivity index (χ0) is 13.9. The number of carbonyl (C=O) groups is 1. The first-order valence-corrected chi connectivity index (χ1v) is 7.67. The van der Waals surface area contributed by atoms with E-state index in [2.05, 4.69) is 4.98 Å². The van der Waals surface area contributed by atoms with E-state index in [-0.39, 0.29) is 5.91 Å². The van der Waals surface area contributed by atoms with Gasteiger partial charge in [-0.15, -0.1) is 0 Å². The summed E-state index contributed by atoms with van der Waals surface area (Å²) in [6.07, 6.45) is 6.66. The van der Waals surface area contributed by atoms with E-state index in [0.29, 0.717) is 24.3 Å². The first-order chi connectivity index (χ1) is 9.74. The Labute approximate surface area is 120 Å². The standard InChI is InChI=1S/C16H23N3O/c17-15-6-3-4-12-10-19(11-14(12)15)16(20)8-7-13-5-1-2-9-18-13/h1-2,5,9,12,14-15H,3-4,6-8,10-11,17H2. The predicted molar refractivity (Wildman–Crippen MR) is 77.9 cm³/mol. The molecule has 4 heteroatoms. The molecule has 3 unspecified atom stereocenters. The SMILES string of the molecule is NC1CCCC2CN(C(=O)CCc3ccccn3)CC12. The highest BCUT2D eigenvalue weighted by atomic mass is 16.2. The van der Waals surface area contributed by atoms with E-state index in [0.717, 1.165) is 31.6 Å². The van der Waals surface area contributed by atoms with Crippen LogP contribution in [0.25, 0.3) is 0 Å². The third kappa shape index (κ3) is 2.85. The molecule has 4 nitrogen and oxygen atoms in total. The number of amides is 1. The van der Waals surface area contributed by atoms with Crippen LogP contribution in [-0.2, 0) is 11.2 Å². The summed E-state index contributed by atoms with van der Waals surface area (Å²) < 4.78 is 0. The normalized spacial score (nSPS) is 29.2. The molecular weight excluding hydrogens is 250 g/mol. The molecule has 3 rings (SSSR count). The summed E-state index contributed by atoms with van der Waals surface area (Å²) in [7, 11) is 0.